The molecule has 2 N–H and O–H groups in total. The van der Waals surface area contributed by atoms with E-state index in [1.165, 1.54) is 38.6 Å². The fourth-order valence-electron chi connectivity index (χ4n) is 2.65. The first-order chi connectivity index (χ1) is 9.81. The molecule has 1 atom stereocenters. The van der Waals surface area contributed by atoms with Crippen LogP contribution in [0.3, 0.4) is 0 Å². The molecule has 0 aromatic rings. The number of likely N-dealkylation sites (tertiary alicyclic amines) is 1. The third-order valence-electron chi connectivity index (χ3n) is 3.88. The van der Waals surface area contributed by atoms with Gasteiger partial charge in [0.05, 0.1) is 6.61 Å². The predicted molar refractivity (Wildman–Crippen MR) is 85.4 cm³/mol. The van der Waals surface area contributed by atoms with Gasteiger partial charge in [0.25, 0.3) is 0 Å². The van der Waals surface area contributed by atoms with Gasteiger partial charge in [-0.15, -0.1) is 0 Å². The average Bonchev–Trinajstić information content (AvgIpc) is 2.92. The van der Waals surface area contributed by atoms with E-state index in [0.29, 0.717) is 6.04 Å². The first-order valence-corrected chi connectivity index (χ1v) is 7.99. The van der Waals surface area contributed by atoms with E-state index >= 15 is 0 Å². The van der Waals surface area contributed by atoms with Crippen molar-refractivity contribution in [2.24, 2.45) is 4.99 Å². The Morgan fingerprint density at radius 1 is 1.35 bits per heavy atom. The second-order valence-corrected chi connectivity index (χ2v) is 5.41. The highest BCUT2D eigenvalue weighted by Gasteiger charge is 2.23. The molecule has 1 unspecified atom stereocenters. The van der Waals surface area contributed by atoms with Crippen LogP contribution < -0.4 is 10.6 Å². The van der Waals surface area contributed by atoms with Crippen molar-refractivity contribution >= 4 is 5.96 Å². The van der Waals surface area contributed by atoms with Crippen molar-refractivity contribution in [1.29, 1.82) is 0 Å². The zero-order valence-electron chi connectivity index (χ0n) is 13.5. The third-order valence-corrected chi connectivity index (χ3v) is 3.88. The van der Waals surface area contributed by atoms with Crippen LogP contribution in [0.1, 0.15) is 39.0 Å². The van der Waals surface area contributed by atoms with Crippen molar-refractivity contribution in [3.63, 3.8) is 0 Å². The lowest BCUT2D eigenvalue weighted by Gasteiger charge is -2.25. The highest BCUT2D eigenvalue weighted by molar-refractivity contribution is 5.79. The molecule has 5 heteroatoms. The maximum absolute atomic E-state index is 5.18. The molecule has 0 aromatic carbocycles. The zero-order chi connectivity index (χ0) is 14.6. The van der Waals surface area contributed by atoms with Crippen LogP contribution in [0.5, 0.6) is 0 Å². The van der Waals surface area contributed by atoms with Crippen LogP contribution in [-0.4, -0.2) is 63.8 Å². The molecule has 0 amide bonds. The lowest BCUT2D eigenvalue weighted by molar-refractivity contribution is 0.141. The van der Waals surface area contributed by atoms with Gasteiger partial charge in [-0.2, -0.15) is 0 Å². The molecular weight excluding hydrogens is 252 g/mol. The minimum atomic E-state index is 0.611. The van der Waals surface area contributed by atoms with Gasteiger partial charge in [-0.25, -0.2) is 0 Å². The lowest BCUT2D eigenvalue weighted by atomic mass is 10.2. The summed E-state index contributed by atoms with van der Waals surface area (Å²) >= 11 is 0. The Hall–Kier alpha value is -0.810. The van der Waals surface area contributed by atoms with Crippen molar-refractivity contribution in [1.82, 2.24) is 15.5 Å². The van der Waals surface area contributed by atoms with Gasteiger partial charge in [0.1, 0.15) is 0 Å². The molecule has 1 aliphatic rings. The quantitative estimate of drug-likeness (QED) is 0.382. The molecule has 20 heavy (non-hydrogen) atoms. The molecule has 5 nitrogen and oxygen atoms in total. The minimum absolute atomic E-state index is 0.611. The topological polar surface area (TPSA) is 48.9 Å². The van der Waals surface area contributed by atoms with Crippen molar-refractivity contribution in [3.05, 3.63) is 0 Å². The molecule has 1 heterocycles. The highest BCUT2D eigenvalue weighted by Crippen LogP contribution is 2.15. The molecule has 1 rings (SSSR count). The van der Waals surface area contributed by atoms with Gasteiger partial charge >= 0.3 is 0 Å². The lowest BCUT2D eigenvalue weighted by Crippen LogP contribution is -2.45. The monoisotopic (exact) mass is 284 g/mol. The summed E-state index contributed by atoms with van der Waals surface area (Å²) in [5.41, 5.74) is 0. The number of nitrogens with one attached hydrogen (secondary N) is 2. The number of rotatable bonds is 9. The van der Waals surface area contributed by atoms with Crippen LogP contribution >= 0.6 is 0 Å². The maximum atomic E-state index is 5.18. The SMILES string of the molecule is CCCCCNC(=NC)NCC1CCCN1CCOC. The maximum Gasteiger partial charge on any atom is 0.191 e. The molecule has 0 aromatic heterocycles. The highest BCUT2D eigenvalue weighted by atomic mass is 16.5. The summed E-state index contributed by atoms with van der Waals surface area (Å²) < 4.78 is 5.18. The van der Waals surface area contributed by atoms with E-state index in [-0.39, 0.29) is 0 Å². The van der Waals surface area contributed by atoms with Crippen LogP contribution in [0.4, 0.5) is 0 Å². The second-order valence-electron chi connectivity index (χ2n) is 5.41. The molecule has 0 spiro atoms. The van der Waals surface area contributed by atoms with Crippen molar-refractivity contribution in [3.8, 4) is 0 Å². The summed E-state index contributed by atoms with van der Waals surface area (Å²) in [4.78, 5) is 6.80. The van der Waals surface area contributed by atoms with E-state index in [4.69, 9.17) is 4.74 Å². The molecule has 0 saturated carbocycles. The van der Waals surface area contributed by atoms with E-state index in [9.17, 15) is 0 Å². The van der Waals surface area contributed by atoms with Gasteiger partial charge in [0.15, 0.2) is 5.96 Å². The van der Waals surface area contributed by atoms with E-state index in [2.05, 4.69) is 27.4 Å². The number of guanidine groups is 1. The Balaban J connectivity index is 2.21. The number of methoxy groups -OCH3 is 1. The molecule has 0 aliphatic carbocycles. The molecule has 1 aliphatic heterocycles. The van der Waals surface area contributed by atoms with E-state index < -0.39 is 0 Å². The summed E-state index contributed by atoms with van der Waals surface area (Å²) in [5, 5.41) is 6.83. The third kappa shape index (κ3) is 6.57. The van der Waals surface area contributed by atoms with E-state index in [1.807, 2.05) is 7.05 Å². The van der Waals surface area contributed by atoms with E-state index in [1.54, 1.807) is 7.11 Å². The molecule has 0 bridgehead atoms. The van der Waals surface area contributed by atoms with Crippen LogP contribution in [0.2, 0.25) is 0 Å². The summed E-state index contributed by atoms with van der Waals surface area (Å²) in [6.45, 7) is 7.24. The standard InChI is InChI=1S/C15H32N4O/c1-4-5-6-9-17-15(16-2)18-13-14-8-7-10-19(14)11-12-20-3/h14H,4-13H2,1-3H3,(H2,16,17,18). The number of nitrogens with zero attached hydrogens (tertiary/aromatic N) is 2. The summed E-state index contributed by atoms with van der Waals surface area (Å²) in [6, 6.07) is 0.611. The van der Waals surface area contributed by atoms with Crippen molar-refractivity contribution < 1.29 is 4.74 Å². The average molecular weight is 284 g/mol. The van der Waals surface area contributed by atoms with Crippen LogP contribution in [0.25, 0.3) is 0 Å². The Kier molecular flexibility index (Phi) is 9.41. The molecule has 118 valence electrons. The number of hydrogen-bond donors (Lipinski definition) is 2. The Labute approximate surface area is 124 Å². The molecular formula is C15H32N4O. The number of aliphatic imine (C=N–C) groups is 1. The predicted octanol–water partition coefficient (Wildman–Crippen LogP) is 1.45. The molecule has 1 saturated heterocycles. The summed E-state index contributed by atoms with van der Waals surface area (Å²) in [6.07, 6.45) is 6.30. The molecule has 0 radical (unpaired) electrons. The zero-order valence-corrected chi connectivity index (χ0v) is 13.5. The number of hydrogen-bond acceptors (Lipinski definition) is 3. The largest absolute Gasteiger partial charge is 0.383 e. The van der Waals surface area contributed by atoms with Crippen molar-refractivity contribution in [2.45, 2.75) is 45.1 Å². The van der Waals surface area contributed by atoms with Gasteiger partial charge < -0.3 is 15.4 Å². The van der Waals surface area contributed by atoms with Crippen LogP contribution in [0.15, 0.2) is 4.99 Å². The van der Waals surface area contributed by atoms with Gasteiger partial charge in [-0.1, -0.05) is 19.8 Å². The van der Waals surface area contributed by atoms with Gasteiger partial charge in [-0.05, 0) is 25.8 Å². The van der Waals surface area contributed by atoms with Gasteiger partial charge in [-0.3, -0.25) is 9.89 Å². The summed E-state index contributed by atoms with van der Waals surface area (Å²) in [7, 11) is 3.61. The van der Waals surface area contributed by atoms with Crippen LogP contribution in [-0.2, 0) is 4.74 Å². The Bertz CT molecular complexity index is 271. The van der Waals surface area contributed by atoms with E-state index in [0.717, 1.165) is 32.2 Å². The first kappa shape index (κ1) is 17.2. The van der Waals surface area contributed by atoms with Crippen LogP contribution in [0, 0.1) is 0 Å². The van der Waals surface area contributed by atoms with Gasteiger partial charge in [0.2, 0.25) is 0 Å². The summed E-state index contributed by atoms with van der Waals surface area (Å²) in [5.74, 6) is 0.930. The molecule has 1 fully saturated rings. The fourth-order valence-corrected chi connectivity index (χ4v) is 2.65. The first-order valence-electron chi connectivity index (χ1n) is 7.99. The normalized spacial score (nSPS) is 20.4. The second kappa shape index (κ2) is 10.9. The minimum Gasteiger partial charge on any atom is -0.383 e. The Morgan fingerprint density at radius 3 is 2.90 bits per heavy atom. The fraction of sp³-hybridized carbons (Fsp3) is 0.933. The Morgan fingerprint density at radius 2 is 2.20 bits per heavy atom. The van der Waals surface area contributed by atoms with Gasteiger partial charge in [0, 0.05) is 39.8 Å². The number of ether oxygens (including phenoxy) is 1. The van der Waals surface area contributed by atoms with Crippen molar-refractivity contribution in [2.75, 3.05) is 46.9 Å². The smallest absolute Gasteiger partial charge is 0.191 e. The number of unbranched alkanes of at least 4 members (excludes halogenated alkanes) is 2.